The van der Waals surface area contributed by atoms with Crippen molar-refractivity contribution in [3.05, 3.63) is 0 Å². The molecule has 1 atom stereocenters. The van der Waals surface area contributed by atoms with Gasteiger partial charge in [-0.2, -0.15) is 0 Å². The number of hydrogen-bond donors (Lipinski definition) is 2. The first-order chi connectivity index (χ1) is 6.13. The van der Waals surface area contributed by atoms with Crippen LogP contribution in [-0.4, -0.2) is 43.0 Å². The van der Waals surface area contributed by atoms with Crippen LogP contribution in [0.3, 0.4) is 0 Å². The van der Waals surface area contributed by atoms with Crippen LogP contribution in [0.15, 0.2) is 0 Å². The zero-order chi connectivity index (χ0) is 9.84. The Bertz CT molecular complexity index is 176. The van der Waals surface area contributed by atoms with Crippen LogP contribution in [0, 0.1) is 5.92 Å². The van der Waals surface area contributed by atoms with Gasteiger partial charge in [-0.3, -0.25) is 4.79 Å². The molecule has 0 saturated carbocycles. The van der Waals surface area contributed by atoms with Gasteiger partial charge in [0, 0.05) is 26.2 Å². The normalized spacial score (nSPS) is 20.5. The lowest BCUT2D eigenvalue weighted by atomic mass is 10.0. The van der Waals surface area contributed by atoms with E-state index in [2.05, 4.69) is 5.32 Å². The lowest BCUT2D eigenvalue weighted by Gasteiger charge is -2.30. The molecule has 0 aromatic heterocycles. The van der Waals surface area contributed by atoms with Crippen LogP contribution in [0.1, 0.15) is 13.8 Å². The second kappa shape index (κ2) is 4.58. The Kier molecular flexibility index (Phi) is 3.69. The number of nitrogens with two attached hydrogens (primary N) is 1. The molecule has 1 heterocycles. The second-order valence-corrected chi connectivity index (χ2v) is 3.85. The van der Waals surface area contributed by atoms with Crippen LogP contribution < -0.4 is 11.1 Å². The second-order valence-electron chi connectivity index (χ2n) is 3.85. The molecule has 0 aromatic carbocycles. The standard InChI is InChI=1S/C9H19N3O/c1-7(2)8(10)9(13)12-5-3-11-4-6-12/h7-8,11H,3-6,10H2,1-2H3. The van der Waals surface area contributed by atoms with Gasteiger partial charge < -0.3 is 16.0 Å². The monoisotopic (exact) mass is 185 g/mol. The molecule has 76 valence electrons. The van der Waals surface area contributed by atoms with Gasteiger partial charge in [0.25, 0.3) is 0 Å². The van der Waals surface area contributed by atoms with Crippen molar-refractivity contribution in [1.82, 2.24) is 10.2 Å². The Balaban J connectivity index is 2.45. The number of rotatable bonds is 2. The third-order valence-electron chi connectivity index (χ3n) is 2.43. The van der Waals surface area contributed by atoms with Crippen LogP contribution in [0.2, 0.25) is 0 Å². The minimum absolute atomic E-state index is 0.0940. The molecule has 0 aliphatic carbocycles. The molecule has 1 aliphatic heterocycles. The summed E-state index contributed by atoms with van der Waals surface area (Å²) in [6.07, 6.45) is 0. The number of hydrogen-bond acceptors (Lipinski definition) is 3. The Morgan fingerprint density at radius 2 is 1.92 bits per heavy atom. The highest BCUT2D eigenvalue weighted by atomic mass is 16.2. The van der Waals surface area contributed by atoms with Gasteiger partial charge in [0.2, 0.25) is 5.91 Å². The van der Waals surface area contributed by atoms with Gasteiger partial charge in [-0.1, -0.05) is 13.8 Å². The topological polar surface area (TPSA) is 58.4 Å². The molecule has 1 rings (SSSR count). The molecule has 4 nitrogen and oxygen atoms in total. The molecule has 1 fully saturated rings. The average Bonchev–Trinajstić information content (AvgIpc) is 2.17. The molecule has 1 aliphatic rings. The number of nitrogens with zero attached hydrogens (tertiary/aromatic N) is 1. The van der Waals surface area contributed by atoms with E-state index < -0.39 is 0 Å². The third kappa shape index (κ3) is 2.67. The molecule has 0 bridgehead atoms. The highest BCUT2D eigenvalue weighted by Crippen LogP contribution is 2.04. The summed E-state index contributed by atoms with van der Waals surface area (Å²) in [5.74, 6) is 0.318. The number of piperazine rings is 1. The predicted octanol–water partition coefficient (Wildman–Crippen LogP) is -0.598. The molecular weight excluding hydrogens is 166 g/mol. The molecule has 0 spiro atoms. The lowest BCUT2D eigenvalue weighted by molar-refractivity contribution is -0.134. The SMILES string of the molecule is CC(C)C(N)C(=O)N1CCNCC1. The van der Waals surface area contributed by atoms with Crippen molar-refractivity contribution in [1.29, 1.82) is 0 Å². The van der Waals surface area contributed by atoms with Crippen molar-refractivity contribution in [3.8, 4) is 0 Å². The predicted molar refractivity (Wildman–Crippen MR) is 52.3 cm³/mol. The van der Waals surface area contributed by atoms with E-state index in [0.717, 1.165) is 26.2 Å². The van der Waals surface area contributed by atoms with Crippen LogP contribution >= 0.6 is 0 Å². The summed E-state index contributed by atoms with van der Waals surface area (Å²) in [5.41, 5.74) is 5.78. The maximum atomic E-state index is 11.7. The Labute approximate surface area is 79.5 Å². The van der Waals surface area contributed by atoms with E-state index in [4.69, 9.17) is 5.73 Å². The van der Waals surface area contributed by atoms with Crippen LogP contribution in [0.4, 0.5) is 0 Å². The molecule has 4 heteroatoms. The number of nitrogens with one attached hydrogen (secondary N) is 1. The van der Waals surface area contributed by atoms with Crippen molar-refractivity contribution < 1.29 is 4.79 Å². The molecule has 0 radical (unpaired) electrons. The van der Waals surface area contributed by atoms with Crippen LogP contribution in [0.5, 0.6) is 0 Å². The third-order valence-corrected chi connectivity index (χ3v) is 2.43. The van der Waals surface area contributed by atoms with E-state index in [1.54, 1.807) is 0 Å². The first-order valence-corrected chi connectivity index (χ1v) is 4.88. The molecule has 3 N–H and O–H groups in total. The van der Waals surface area contributed by atoms with Crippen molar-refractivity contribution >= 4 is 5.91 Å². The van der Waals surface area contributed by atoms with E-state index >= 15 is 0 Å². The fraction of sp³-hybridized carbons (Fsp3) is 0.889. The van der Waals surface area contributed by atoms with Crippen molar-refractivity contribution in [2.75, 3.05) is 26.2 Å². The zero-order valence-electron chi connectivity index (χ0n) is 8.42. The van der Waals surface area contributed by atoms with Gasteiger partial charge in [-0.15, -0.1) is 0 Å². The summed E-state index contributed by atoms with van der Waals surface area (Å²) in [6, 6.07) is -0.335. The minimum atomic E-state index is -0.335. The Morgan fingerprint density at radius 1 is 1.38 bits per heavy atom. The summed E-state index contributed by atoms with van der Waals surface area (Å²) < 4.78 is 0. The van der Waals surface area contributed by atoms with E-state index in [9.17, 15) is 4.79 Å². The number of amides is 1. The van der Waals surface area contributed by atoms with Crippen molar-refractivity contribution in [3.63, 3.8) is 0 Å². The van der Waals surface area contributed by atoms with E-state index in [-0.39, 0.29) is 17.9 Å². The molecular formula is C9H19N3O. The van der Waals surface area contributed by atoms with E-state index in [1.165, 1.54) is 0 Å². The zero-order valence-corrected chi connectivity index (χ0v) is 8.42. The maximum Gasteiger partial charge on any atom is 0.239 e. The smallest absolute Gasteiger partial charge is 0.239 e. The van der Waals surface area contributed by atoms with Crippen LogP contribution in [0.25, 0.3) is 0 Å². The summed E-state index contributed by atoms with van der Waals surface area (Å²) in [5, 5.41) is 3.20. The van der Waals surface area contributed by atoms with Gasteiger partial charge >= 0.3 is 0 Å². The van der Waals surface area contributed by atoms with Gasteiger partial charge in [0.1, 0.15) is 0 Å². The number of carbonyl (C=O) groups is 1. The largest absolute Gasteiger partial charge is 0.339 e. The molecule has 0 aromatic rings. The fourth-order valence-electron chi connectivity index (χ4n) is 1.38. The molecule has 1 saturated heterocycles. The van der Waals surface area contributed by atoms with Gasteiger partial charge in [0.05, 0.1) is 6.04 Å². The van der Waals surface area contributed by atoms with E-state index in [0.29, 0.717) is 0 Å². The molecule has 13 heavy (non-hydrogen) atoms. The van der Waals surface area contributed by atoms with Crippen molar-refractivity contribution in [2.45, 2.75) is 19.9 Å². The van der Waals surface area contributed by atoms with Gasteiger partial charge in [-0.05, 0) is 5.92 Å². The maximum absolute atomic E-state index is 11.7. The fourth-order valence-corrected chi connectivity index (χ4v) is 1.38. The highest BCUT2D eigenvalue weighted by Gasteiger charge is 2.24. The Morgan fingerprint density at radius 3 is 2.38 bits per heavy atom. The van der Waals surface area contributed by atoms with Crippen LogP contribution in [-0.2, 0) is 4.79 Å². The first kappa shape index (κ1) is 10.5. The minimum Gasteiger partial charge on any atom is -0.339 e. The summed E-state index contributed by atoms with van der Waals surface area (Å²) in [4.78, 5) is 13.6. The summed E-state index contributed by atoms with van der Waals surface area (Å²) in [7, 11) is 0. The quantitative estimate of drug-likeness (QED) is 0.604. The molecule has 1 amide bonds. The highest BCUT2D eigenvalue weighted by molar-refractivity contribution is 5.82. The molecule has 1 unspecified atom stereocenters. The summed E-state index contributed by atoms with van der Waals surface area (Å²) >= 11 is 0. The van der Waals surface area contributed by atoms with Gasteiger partial charge in [-0.25, -0.2) is 0 Å². The summed E-state index contributed by atoms with van der Waals surface area (Å²) in [6.45, 7) is 7.31. The average molecular weight is 185 g/mol. The Hall–Kier alpha value is -0.610. The van der Waals surface area contributed by atoms with Crippen molar-refractivity contribution in [2.24, 2.45) is 11.7 Å². The number of carbonyl (C=O) groups excluding carboxylic acids is 1. The van der Waals surface area contributed by atoms with Gasteiger partial charge in [0.15, 0.2) is 0 Å². The lowest BCUT2D eigenvalue weighted by Crippen LogP contribution is -2.53. The van der Waals surface area contributed by atoms with E-state index in [1.807, 2.05) is 18.7 Å². The first-order valence-electron chi connectivity index (χ1n) is 4.88.